The molecule has 2 heterocycles. The van der Waals surface area contributed by atoms with Crippen LogP contribution in [-0.2, 0) is 4.74 Å². The summed E-state index contributed by atoms with van der Waals surface area (Å²) >= 11 is 0. The van der Waals surface area contributed by atoms with Crippen LogP contribution in [0.4, 0.5) is 0 Å². The highest BCUT2D eigenvalue weighted by Gasteiger charge is 2.20. The maximum Gasteiger partial charge on any atom is 0.361 e. The van der Waals surface area contributed by atoms with Crippen LogP contribution in [-0.4, -0.2) is 43.4 Å². The molecule has 2 rings (SSSR count). The first-order valence-electron chi connectivity index (χ1n) is 4.27. The first kappa shape index (κ1) is 9.31. The number of ether oxygens (including phenoxy) is 1. The molecule has 0 fully saturated rings. The van der Waals surface area contributed by atoms with E-state index in [9.17, 15) is 4.79 Å². The Balaban J connectivity index is 2.34. The van der Waals surface area contributed by atoms with Gasteiger partial charge in [-0.05, 0) is 6.92 Å². The van der Waals surface area contributed by atoms with Crippen molar-refractivity contribution in [1.29, 1.82) is 0 Å². The van der Waals surface area contributed by atoms with Crippen molar-refractivity contribution >= 4 is 5.97 Å². The van der Waals surface area contributed by atoms with Gasteiger partial charge in [0.1, 0.15) is 11.4 Å². The van der Waals surface area contributed by atoms with Crippen LogP contribution in [0.5, 0.6) is 0 Å². The summed E-state index contributed by atoms with van der Waals surface area (Å²) in [4.78, 5) is 11.4. The minimum Gasteiger partial charge on any atom is -0.461 e. The molecule has 0 saturated carbocycles. The van der Waals surface area contributed by atoms with Crippen molar-refractivity contribution < 1.29 is 9.53 Å². The molecule has 0 amide bonds. The fourth-order valence-corrected chi connectivity index (χ4v) is 1.07. The van der Waals surface area contributed by atoms with Gasteiger partial charge < -0.3 is 4.74 Å². The van der Waals surface area contributed by atoms with Gasteiger partial charge in [0.15, 0.2) is 5.69 Å². The maximum absolute atomic E-state index is 11.4. The zero-order chi connectivity index (χ0) is 10.7. The highest BCUT2D eigenvalue weighted by atomic mass is 16.5. The number of aromatic amines is 2. The normalized spacial score (nSPS) is 10.2. The summed E-state index contributed by atoms with van der Waals surface area (Å²) in [7, 11) is 0. The summed E-state index contributed by atoms with van der Waals surface area (Å²) in [6.45, 7) is 2.00. The maximum atomic E-state index is 11.4. The average Bonchev–Trinajstić information content (AvgIpc) is 2.88. The van der Waals surface area contributed by atoms with Crippen LogP contribution >= 0.6 is 0 Å². The third kappa shape index (κ3) is 1.68. The molecule has 0 bridgehead atoms. The summed E-state index contributed by atoms with van der Waals surface area (Å²) in [5.41, 5.74) is 0.861. The van der Waals surface area contributed by atoms with Gasteiger partial charge in [0.05, 0.1) is 12.8 Å². The van der Waals surface area contributed by atoms with Gasteiger partial charge in [-0.15, -0.1) is 5.10 Å². The average molecular weight is 208 g/mol. The Morgan fingerprint density at radius 2 is 2.27 bits per heavy atom. The Bertz CT molecular complexity index is 448. The zero-order valence-electron chi connectivity index (χ0n) is 7.89. The van der Waals surface area contributed by atoms with E-state index < -0.39 is 5.97 Å². The minimum atomic E-state index is -0.538. The molecule has 0 aliphatic heterocycles. The number of aromatic nitrogens is 6. The topological polar surface area (TPSA) is 109 Å². The fourth-order valence-electron chi connectivity index (χ4n) is 1.07. The number of carbonyl (C=O) groups excluding carboxylic acids is 1. The molecule has 2 aromatic rings. The van der Waals surface area contributed by atoms with Crippen molar-refractivity contribution in [2.24, 2.45) is 0 Å². The van der Waals surface area contributed by atoms with Crippen molar-refractivity contribution in [3.8, 4) is 11.4 Å². The van der Waals surface area contributed by atoms with Crippen molar-refractivity contribution in [2.45, 2.75) is 6.92 Å². The number of nitrogens with zero attached hydrogens (tertiary/aromatic N) is 4. The molecular weight excluding hydrogens is 200 g/mol. The fraction of sp³-hybridized carbons (Fsp3) is 0.286. The highest BCUT2D eigenvalue weighted by molar-refractivity contribution is 5.93. The second kappa shape index (κ2) is 3.86. The van der Waals surface area contributed by atoms with Crippen LogP contribution in [0.1, 0.15) is 17.4 Å². The second-order valence-electron chi connectivity index (χ2n) is 2.60. The molecule has 15 heavy (non-hydrogen) atoms. The predicted molar refractivity (Wildman–Crippen MR) is 47.7 cm³/mol. The Labute approximate surface area is 84.0 Å². The zero-order valence-corrected chi connectivity index (χ0v) is 7.89. The van der Waals surface area contributed by atoms with Crippen LogP contribution in [0.2, 0.25) is 0 Å². The van der Waals surface area contributed by atoms with Crippen molar-refractivity contribution in [1.82, 2.24) is 30.8 Å². The van der Waals surface area contributed by atoms with Gasteiger partial charge in [0.2, 0.25) is 0 Å². The van der Waals surface area contributed by atoms with E-state index >= 15 is 0 Å². The van der Waals surface area contributed by atoms with E-state index in [0.29, 0.717) is 11.4 Å². The summed E-state index contributed by atoms with van der Waals surface area (Å²) in [6, 6.07) is 0. The second-order valence-corrected chi connectivity index (χ2v) is 2.60. The molecule has 0 aromatic carbocycles. The number of nitrogens with one attached hydrogen (secondary N) is 2. The smallest absolute Gasteiger partial charge is 0.361 e. The van der Waals surface area contributed by atoms with Crippen LogP contribution in [0.3, 0.4) is 0 Å². The van der Waals surface area contributed by atoms with E-state index in [1.165, 1.54) is 6.20 Å². The van der Waals surface area contributed by atoms with Crippen LogP contribution in [0, 0.1) is 0 Å². The lowest BCUT2D eigenvalue weighted by molar-refractivity contribution is 0.0520. The lowest BCUT2D eigenvalue weighted by atomic mass is 10.2. The SMILES string of the molecule is CCOC(=O)c1n[nH]nc1-c1cn[nH]n1. The van der Waals surface area contributed by atoms with Gasteiger partial charge in [-0.1, -0.05) is 0 Å². The molecule has 0 aliphatic rings. The van der Waals surface area contributed by atoms with Gasteiger partial charge in [-0.2, -0.15) is 25.7 Å². The lowest BCUT2D eigenvalue weighted by Gasteiger charge is -1.97. The van der Waals surface area contributed by atoms with Gasteiger partial charge in [0, 0.05) is 0 Å². The lowest BCUT2D eigenvalue weighted by Crippen LogP contribution is -2.06. The molecule has 0 spiro atoms. The predicted octanol–water partition coefficient (Wildman–Crippen LogP) is -0.234. The molecule has 0 atom stereocenters. The number of rotatable bonds is 3. The van der Waals surface area contributed by atoms with Gasteiger partial charge in [-0.3, -0.25) is 0 Å². The van der Waals surface area contributed by atoms with Crippen molar-refractivity contribution in [2.75, 3.05) is 6.61 Å². The Kier molecular flexibility index (Phi) is 2.40. The van der Waals surface area contributed by atoms with E-state index in [4.69, 9.17) is 4.74 Å². The summed E-state index contributed by atoms with van der Waals surface area (Å²) < 4.78 is 4.81. The third-order valence-corrected chi connectivity index (χ3v) is 1.67. The molecule has 78 valence electrons. The van der Waals surface area contributed by atoms with Crippen molar-refractivity contribution in [3.05, 3.63) is 11.9 Å². The first-order valence-corrected chi connectivity index (χ1v) is 4.27. The molecule has 2 aromatic heterocycles. The number of esters is 1. The van der Waals surface area contributed by atoms with E-state index in [2.05, 4.69) is 30.8 Å². The van der Waals surface area contributed by atoms with Crippen LogP contribution in [0.25, 0.3) is 11.4 Å². The number of carbonyl (C=O) groups is 1. The standard InChI is InChI=1S/C7H8N6O2/c1-2-15-7(14)6-5(10-13-11-6)4-3-8-12-9-4/h3H,2H2,1H3,(H,8,9,12)(H,10,11,13). The van der Waals surface area contributed by atoms with Crippen LogP contribution < -0.4 is 0 Å². The monoisotopic (exact) mass is 208 g/mol. The Morgan fingerprint density at radius 3 is 2.93 bits per heavy atom. The number of H-pyrrole nitrogens is 2. The molecular formula is C7H8N6O2. The molecule has 0 saturated heterocycles. The third-order valence-electron chi connectivity index (χ3n) is 1.67. The highest BCUT2D eigenvalue weighted by Crippen LogP contribution is 2.15. The molecule has 0 aliphatic carbocycles. The van der Waals surface area contributed by atoms with E-state index in [-0.39, 0.29) is 12.3 Å². The Morgan fingerprint density at radius 1 is 1.40 bits per heavy atom. The summed E-state index contributed by atoms with van der Waals surface area (Å²) in [5.74, 6) is -0.538. The van der Waals surface area contributed by atoms with Gasteiger partial charge in [0.25, 0.3) is 0 Å². The van der Waals surface area contributed by atoms with E-state index in [1.54, 1.807) is 6.92 Å². The summed E-state index contributed by atoms with van der Waals surface area (Å²) in [6.07, 6.45) is 1.45. The number of hydrogen-bond donors (Lipinski definition) is 2. The molecule has 0 unspecified atom stereocenters. The largest absolute Gasteiger partial charge is 0.461 e. The quantitative estimate of drug-likeness (QED) is 0.674. The molecule has 2 N–H and O–H groups in total. The number of hydrogen-bond acceptors (Lipinski definition) is 6. The summed E-state index contributed by atoms with van der Waals surface area (Å²) in [5, 5.41) is 19.7. The van der Waals surface area contributed by atoms with Crippen LogP contribution in [0.15, 0.2) is 6.20 Å². The first-order chi connectivity index (χ1) is 7.33. The minimum absolute atomic E-state index is 0.103. The van der Waals surface area contributed by atoms with Crippen molar-refractivity contribution in [3.63, 3.8) is 0 Å². The van der Waals surface area contributed by atoms with E-state index in [0.717, 1.165) is 0 Å². The van der Waals surface area contributed by atoms with Gasteiger partial charge in [-0.25, -0.2) is 4.79 Å². The molecule has 8 nitrogen and oxygen atoms in total. The molecule has 8 heteroatoms. The molecule has 0 radical (unpaired) electrons. The Hall–Kier alpha value is -2.25. The van der Waals surface area contributed by atoms with Gasteiger partial charge >= 0.3 is 5.97 Å². The van der Waals surface area contributed by atoms with E-state index in [1.807, 2.05) is 0 Å².